The van der Waals surface area contributed by atoms with Crippen LogP contribution in [0.15, 0.2) is 30.3 Å². The van der Waals surface area contributed by atoms with Crippen molar-refractivity contribution in [1.82, 2.24) is 9.78 Å². The monoisotopic (exact) mass is 319 g/mol. The molecule has 1 amide bonds. The molecule has 118 valence electrons. The van der Waals surface area contributed by atoms with E-state index in [2.05, 4.69) is 10.4 Å². The summed E-state index contributed by atoms with van der Waals surface area (Å²) in [6, 6.07) is 9.70. The number of anilines is 1. The van der Waals surface area contributed by atoms with Gasteiger partial charge in [0.15, 0.2) is 0 Å². The average Bonchev–Trinajstić information content (AvgIpc) is 2.86. The first kappa shape index (κ1) is 16.4. The summed E-state index contributed by atoms with van der Waals surface area (Å²) < 4.78 is 6.96. The summed E-state index contributed by atoms with van der Waals surface area (Å²) in [6.45, 7) is 4.40. The minimum atomic E-state index is -0.0929. The number of aromatic nitrogens is 2. The van der Waals surface area contributed by atoms with E-state index in [1.54, 1.807) is 7.11 Å². The number of hydrogen-bond donors (Lipinski definition) is 1. The smallest absolute Gasteiger partial charge is 0.238 e. The lowest BCUT2D eigenvalue weighted by atomic mass is 10.2. The second kappa shape index (κ2) is 7.35. The maximum atomic E-state index is 12.1. The first-order valence-electron chi connectivity index (χ1n) is 7.04. The Morgan fingerprint density at radius 1 is 1.41 bits per heavy atom. The summed E-state index contributed by atoms with van der Waals surface area (Å²) in [5.74, 6) is 1.53. The lowest BCUT2D eigenvalue weighted by molar-refractivity contribution is -0.115. The number of aryl methyl sites for hydroxylation is 1. The number of hydrogen-bond acceptors (Lipinski definition) is 4. The summed E-state index contributed by atoms with van der Waals surface area (Å²) in [4.78, 5) is 12.1. The molecule has 1 N–H and O–H groups in total. The van der Waals surface area contributed by atoms with Crippen LogP contribution in [0.25, 0.3) is 0 Å². The van der Waals surface area contributed by atoms with Gasteiger partial charge in [-0.05, 0) is 37.8 Å². The molecule has 0 spiro atoms. The highest BCUT2D eigenvalue weighted by atomic mass is 32.2. The summed E-state index contributed by atoms with van der Waals surface area (Å²) in [7, 11) is 1.65. The van der Waals surface area contributed by atoms with Gasteiger partial charge in [0.05, 0.1) is 24.6 Å². The number of methoxy groups -OCH3 is 1. The van der Waals surface area contributed by atoms with Crippen molar-refractivity contribution in [2.75, 3.05) is 18.7 Å². The molecule has 0 bridgehead atoms. The van der Waals surface area contributed by atoms with Crippen molar-refractivity contribution in [3.05, 3.63) is 41.6 Å². The molecule has 0 aliphatic carbocycles. The van der Waals surface area contributed by atoms with Crippen molar-refractivity contribution < 1.29 is 9.53 Å². The Balaban J connectivity index is 2.15. The second-order valence-corrected chi connectivity index (χ2v) is 6.22. The number of nitrogens with one attached hydrogen (secondary N) is 1. The van der Waals surface area contributed by atoms with Crippen LogP contribution in [0.3, 0.4) is 0 Å². The van der Waals surface area contributed by atoms with Gasteiger partial charge in [-0.3, -0.25) is 4.79 Å². The van der Waals surface area contributed by atoms with Crippen LogP contribution in [-0.2, 0) is 11.3 Å². The van der Waals surface area contributed by atoms with Crippen LogP contribution in [0.5, 0.6) is 5.75 Å². The standard InChI is InChI=1S/C16H21N3O2S/c1-11-9-15(17-16(20)12(2)22-4)19(18-11)10-13-5-7-14(21-3)8-6-13/h5-9,12H,10H2,1-4H3,(H,17,20)/t12-/m0/s1. The maximum Gasteiger partial charge on any atom is 0.238 e. The highest BCUT2D eigenvalue weighted by Crippen LogP contribution is 2.17. The fourth-order valence-electron chi connectivity index (χ4n) is 2.01. The van der Waals surface area contributed by atoms with E-state index in [0.29, 0.717) is 6.54 Å². The van der Waals surface area contributed by atoms with E-state index in [1.165, 1.54) is 11.8 Å². The first-order valence-corrected chi connectivity index (χ1v) is 8.33. The van der Waals surface area contributed by atoms with E-state index < -0.39 is 0 Å². The third kappa shape index (κ3) is 4.04. The zero-order valence-electron chi connectivity index (χ0n) is 13.3. The van der Waals surface area contributed by atoms with Gasteiger partial charge in [-0.15, -0.1) is 0 Å². The quantitative estimate of drug-likeness (QED) is 0.889. The van der Waals surface area contributed by atoms with Gasteiger partial charge in [0.25, 0.3) is 0 Å². The number of amides is 1. The molecule has 5 nitrogen and oxygen atoms in total. The number of ether oxygens (including phenoxy) is 1. The summed E-state index contributed by atoms with van der Waals surface area (Å²) in [5, 5.41) is 7.30. The fourth-order valence-corrected chi connectivity index (χ4v) is 2.28. The summed E-state index contributed by atoms with van der Waals surface area (Å²) >= 11 is 1.52. The van der Waals surface area contributed by atoms with E-state index in [0.717, 1.165) is 22.8 Å². The van der Waals surface area contributed by atoms with Crippen molar-refractivity contribution in [2.24, 2.45) is 0 Å². The van der Waals surface area contributed by atoms with Crippen LogP contribution in [0, 0.1) is 6.92 Å². The minimum Gasteiger partial charge on any atom is -0.497 e. The molecule has 0 aliphatic heterocycles. The fraction of sp³-hybridized carbons (Fsp3) is 0.375. The van der Waals surface area contributed by atoms with Crippen LogP contribution in [-0.4, -0.2) is 34.3 Å². The highest BCUT2D eigenvalue weighted by Gasteiger charge is 2.14. The second-order valence-electron chi connectivity index (χ2n) is 5.04. The van der Waals surface area contributed by atoms with E-state index in [4.69, 9.17) is 4.74 Å². The maximum absolute atomic E-state index is 12.1. The van der Waals surface area contributed by atoms with Gasteiger partial charge in [-0.1, -0.05) is 12.1 Å². The number of rotatable bonds is 6. The number of carbonyl (C=O) groups is 1. The molecular formula is C16H21N3O2S. The zero-order valence-corrected chi connectivity index (χ0v) is 14.1. The van der Waals surface area contributed by atoms with E-state index in [9.17, 15) is 4.79 Å². The molecular weight excluding hydrogens is 298 g/mol. The van der Waals surface area contributed by atoms with Gasteiger partial charge in [0.1, 0.15) is 11.6 Å². The Hall–Kier alpha value is -1.95. The van der Waals surface area contributed by atoms with Gasteiger partial charge in [-0.2, -0.15) is 16.9 Å². The van der Waals surface area contributed by atoms with Gasteiger partial charge >= 0.3 is 0 Å². The molecule has 2 aromatic rings. The van der Waals surface area contributed by atoms with Crippen molar-refractivity contribution in [1.29, 1.82) is 0 Å². The molecule has 2 rings (SSSR count). The molecule has 0 saturated heterocycles. The van der Waals surface area contributed by atoms with Crippen LogP contribution < -0.4 is 10.1 Å². The molecule has 1 heterocycles. The normalized spacial score (nSPS) is 12.0. The topological polar surface area (TPSA) is 56.1 Å². The predicted molar refractivity (Wildman–Crippen MR) is 90.7 cm³/mol. The molecule has 1 aromatic heterocycles. The molecule has 0 radical (unpaired) electrons. The number of benzene rings is 1. The minimum absolute atomic E-state index is 0.0108. The van der Waals surface area contributed by atoms with Crippen molar-refractivity contribution >= 4 is 23.5 Å². The average molecular weight is 319 g/mol. The summed E-state index contributed by atoms with van der Waals surface area (Å²) in [5.41, 5.74) is 1.97. The first-order chi connectivity index (χ1) is 10.5. The molecule has 1 atom stereocenters. The Morgan fingerprint density at radius 3 is 2.68 bits per heavy atom. The Bertz CT molecular complexity index is 637. The lowest BCUT2D eigenvalue weighted by Gasteiger charge is -2.12. The third-order valence-electron chi connectivity index (χ3n) is 3.37. The van der Waals surface area contributed by atoms with E-state index in [1.807, 2.05) is 55.1 Å². The highest BCUT2D eigenvalue weighted by molar-refractivity contribution is 7.99. The number of nitrogens with zero attached hydrogens (tertiary/aromatic N) is 2. The molecule has 0 unspecified atom stereocenters. The molecule has 0 aliphatic rings. The van der Waals surface area contributed by atoms with Crippen molar-refractivity contribution in [2.45, 2.75) is 25.6 Å². The van der Waals surface area contributed by atoms with Crippen LogP contribution >= 0.6 is 11.8 Å². The Labute approximate surface area is 135 Å². The molecule has 22 heavy (non-hydrogen) atoms. The molecule has 1 aromatic carbocycles. The third-order valence-corrected chi connectivity index (χ3v) is 4.29. The van der Waals surface area contributed by atoms with E-state index in [-0.39, 0.29) is 11.2 Å². The molecule has 0 fully saturated rings. The van der Waals surface area contributed by atoms with Gasteiger partial charge in [-0.25, -0.2) is 4.68 Å². The molecule has 6 heteroatoms. The van der Waals surface area contributed by atoms with Crippen LogP contribution in [0.4, 0.5) is 5.82 Å². The number of thioether (sulfide) groups is 1. The van der Waals surface area contributed by atoms with Crippen molar-refractivity contribution in [3.63, 3.8) is 0 Å². The summed E-state index contributed by atoms with van der Waals surface area (Å²) in [6.07, 6.45) is 1.92. The largest absolute Gasteiger partial charge is 0.497 e. The van der Waals surface area contributed by atoms with Gasteiger partial charge in [0.2, 0.25) is 5.91 Å². The van der Waals surface area contributed by atoms with Gasteiger partial charge in [0, 0.05) is 6.07 Å². The SMILES string of the molecule is COc1ccc(Cn2nc(C)cc2NC(=O)[C@H](C)SC)cc1. The van der Waals surface area contributed by atoms with Crippen LogP contribution in [0.1, 0.15) is 18.2 Å². The van der Waals surface area contributed by atoms with E-state index >= 15 is 0 Å². The predicted octanol–water partition coefficient (Wildman–Crippen LogP) is 2.94. The van der Waals surface area contributed by atoms with Crippen molar-refractivity contribution in [3.8, 4) is 5.75 Å². The Morgan fingerprint density at radius 2 is 2.09 bits per heavy atom. The number of carbonyl (C=O) groups excluding carboxylic acids is 1. The molecule has 0 saturated carbocycles. The van der Waals surface area contributed by atoms with Crippen LogP contribution in [0.2, 0.25) is 0 Å². The zero-order chi connectivity index (χ0) is 16.1. The Kier molecular flexibility index (Phi) is 5.49. The van der Waals surface area contributed by atoms with Gasteiger partial charge < -0.3 is 10.1 Å². The lowest BCUT2D eigenvalue weighted by Crippen LogP contribution is -2.24.